The summed E-state index contributed by atoms with van der Waals surface area (Å²) in [7, 11) is 1.49. The number of anilines is 1. The standard InChI is InChI=1S/C20H16N2O5S/c1-26-17-11-13(4-9-16(17)27-20(25)18-3-2-10-28-18)12-21-22-15-7-5-14(6-8-15)19(23)24/h2-12,22H,1H3,(H,23,24)/b21-12+. The van der Waals surface area contributed by atoms with Crippen molar-refractivity contribution in [1.82, 2.24) is 0 Å². The smallest absolute Gasteiger partial charge is 0.353 e. The van der Waals surface area contributed by atoms with E-state index in [1.807, 2.05) is 0 Å². The number of carboxylic acids is 1. The van der Waals surface area contributed by atoms with Crippen LogP contribution in [0, 0.1) is 0 Å². The number of ether oxygens (including phenoxy) is 2. The van der Waals surface area contributed by atoms with Gasteiger partial charge >= 0.3 is 11.9 Å². The molecule has 3 aromatic rings. The molecule has 2 aromatic carbocycles. The number of nitrogens with one attached hydrogen (secondary N) is 1. The first-order valence-electron chi connectivity index (χ1n) is 8.13. The number of carbonyl (C=O) groups is 2. The Balaban J connectivity index is 1.66. The maximum atomic E-state index is 12.1. The van der Waals surface area contributed by atoms with Crippen molar-refractivity contribution < 1.29 is 24.2 Å². The zero-order valence-electron chi connectivity index (χ0n) is 14.8. The molecular formula is C20H16N2O5S. The first-order valence-corrected chi connectivity index (χ1v) is 9.01. The van der Waals surface area contributed by atoms with E-state index in [1.165, 1.54) is 30.6 Å². The number of aromatic carboxylic acids is 1. The lowest BCUT2D eigenvalue weighted by atomic mass is 10.2. The van der Waals surface area contributed by atoms with Crippen molar-refractivity contribution in [3.63, 3.8) is 0 Å². The third-order valence-electron chi connectivity index (χ3n) is 3.65. The Morgan fingerprint density at radius 2 is 1.89 bits per heavy atom. The van der Waals surface area contributed by atoms with Gasteiger partial charge < -0.3 is 14.6 Å². The molecule has 142 valence electrons. The molecule has 28 heavy (non-hydrogen) atoms. The van der Waals surface area contributed by atoms with Gasteiger partial charge in [-0.2, -0.15) is 5.10 Å². The van der Waals surface area contributed by atoms with Crippen molar-refractivity contribution >= 4 is 35.2 Å². The van der Waals surface area contributed by atoms with Gasteiger partial charge in [-0.25, -0.2) is 9.59 Å². The van der Waals surface area contributed by atoms with Crippen LogP contribution in [0.2, 0.25) is 0 Å². The third kappa shape index (κ3) is 4.74. The van der Waals surface area contributed by atoms with Gasteiger partial charge in [0.15, 0.2) is 11.5 Å². The highest BCUT2D eigenvalue weighted by molar-refractivity contribution is 7.12. The maximum absolute atomic E-state index is 12.1. The summed E-state index contributed by atoms with van der Waals surface area (Å²) in [6, 6.07) is 14.7. The van der Waals surface area contributed by atoms with Gasteiger partial charge in [-0.15, -0.1) is 11.3 Å². The number of methoxy groups -OCH3 is 1. The molecule has 0 atom stereocenters. The molecule has 0 aliphatic rings. The van der Waals surface area contributed by atoms with E-state index in [1.54, 1.807) is 54.1 Å². The van der Waals surface area contributed by atoms with Crippen LogP contribution in [-0.4, -0.2) is 30.4 Å². The van der Waals surface area contributed by atoms with Crippen molar-refractivity contribution in [1.29, 1.82) is 0 Å². The molecule has 2 N–H and O–H groups in total. The molecule has 0 saturated carbocycles. The Labute approximate surface area is 164 Å². The van der Waals surface area contributed by atoms with E-state index in [0.717, 1.165) is 5.56 Å². The van der Waals surface area contributed by atoms with Gasteiger partial charge in [-0.05, 0) is 59.5 Å². The Hall–Kier alpha value is -3.65. The summed E-state index contributed by atoms with van der Waals surface area (Å²) < 4.78 is 10.7. The van der Waals surface area contributed by atoms with Gasteiger partial charge in [0.05, 0.1) is 24.6 Å². The molecule has 3 rings (SSSR count). The fraction of sp³-hybridized carbons (Fsp3) is 0.0500. The van der Waals surface area contributed by atoms with E-state index >= 15 is 0 Å². The van der Waals surface area contributed by atoms with Gasteiger partial charge in [0, 0.05) is 0 Å². The van der Waals surface area contributed by atoms with Gasteiger partial charge in [0.1, 0.15) is 4.88 Å². The summed E-state index contributed by atoms with van der Waals surface area (Å²) in [5, 5.41) is 14.8. The molecule has 7 nitrogen and oxygen atoms in total. The number of hydrazone groups is 1. The van der Waals surface area contributed by atoms with Crippen LogP contribution < -0.4 is 14.9 Å². The van der Waals surface area contributed by atoms with E-state index in [0.29, 0.717) is 22.1 Å². The summed E-state index contributed by atoms with van der Waals surface area (Å²) >= 11 is 1.30. The molecule has 0 saturated heterocycles. The first kappa shape index (κ1) is 19.1. The van der Waals surface area contributed by atoms with Crippen molar-refractivity contribution in [2.45, 2.75) is 0 Å². The normalized spacial score (nSPS) is 10.6. The Morgan fingerprint density at radius 1 is 1.11 bits per heavy atom. The molecular weight excluding hydrogens is 380 g/mol. The van der Waals surface area contributed by atoms with E-state index in [9.17, 15) is 9.59 Å². The van der Waals surface area contributed by atoms with Crippen LogP contribution in [0.5, 0.6) is 11.5 Å². The molecule has 0 aliphatic heterocycles. The third-order valence-corrected chi connectivity index (χ3v) is 4.50. The predicted molar refractivity (Wildman–Crippen MR) is 107 cm³/mol. The molecule has 0 unspecified atom stereocenters. The minimum Gasteiger partial charge on any atom is -0.493 e. The Morgan fingerprint density at radius 3 is 2.54 bits per heavy atom. The SMILES string of the molecule is COc1cc(/C=N/Nc2ccc(C(=O)O)cc2)ccc1OC(=O)c1cccs1. The Kier molecular flexibility index (Phi) is 6.03. The van der Waals surface area contributed by atoms with Crippen LogP contribution in [0.3, 0.4) is 0 Å². The predicted octanol–water partition coefficient (Wildman–Crippen LogP) is 4.12. The molecule has 0 bridgehead atoms. The number of hydrogen-bond donors (Lipinski definition) is 2. The maximum Gasteiger partial charge on any atom is 0.353 e. The minimum atomic E-state index is -0.984. The summed E-state index contributed by atoms with van der Waals surface area (Å²) in [4.78, 5) is 23.4. The zero-order chi connectivity index (χ0) is 19.9. The van der Waals surface area contributed by atoms with E-state index in [4.69, 9.17) is 14.6 Å². The monoisotopic (exact) mass is 396 g/mol. The fourth-order valence-corrected chi connectivity index (χ4v) is 2.86. The highest BCUT2D eigenvalue weighted by Crippen LogP contribution is 2.29. The lowest BCUT2D eigenvalue weighted by Crippen LogP contribution is -2.07. The molecule has 0 radical (unpaired) electrons. The second-order valence-corrected chi connectivity index (χ2v) is 6.48. The molecule has 1 aromatic heterocycles. The average molecular weight is 396 g/mol. The molecule has 0 aliphatic carbocycles. The topological polar surface area (TPSA) is 97.2 Å². The number of carbonyl (C=O) groups excluding carboxylic acids is 1. The lowest BCUT2D eigenvalue weighted by molar-refractivity contribution is 0.0694. The molecule has 0 amide bonds. The number of thiophene rings is 1. The minimum absolute atomic E-state index is 0.201. The summed E-state index contributed by atoms with van der Waals surface area (Å²) in [5.41, 5.74) is 4.39. The van der Waals surface area contributed by atoms with Crippen molar-refractivity contribution in [2.24, 2.45) is 5.10 Å². The largest absolute Gasteiger partial charge is 0.493 e. The number of esters is 1. The fourth-order valence-electron chi connectivity index (χ4n) is 2.26. The molecule has 8 heteroatoms. The molecule has 1 heterocycles. The van der Waals surface area contributed by atoms with E-state index < -0.39 is 11.9 Å². The number of rotatable bonds is 7. The second kappa shape index (κ2) is 8.83. The quantitative estimate of drug-likeness (QED) is 0.270. The number of benzene rings is 2. The highest BCUT2D eigenvalue weighted by atomic mass is 32.1. The van der Waals surface area contributed by atoms with Crippen LogP contribution >= 0.6 is 11.3 Å². The van der Waals surface area contributed by atoms with Crippen LogP contribution in [-0.2, 0) is 0 Å². The lowest BCUT2D eigenvalue weighted by Gasteiger charge is -2.09. The zero-order valence-corrected chi connectivity index (χ0v) is 15.6. The molecule has 0 fully saturated rings. The van der Waals surface area contributed by atoms with Crippen LogP contribution in [0.1, 0.15) is 25.6 Å². The summed E-state index contributed by atoms with van der Waals surface area (Å²) in [6.45, 7) is 0. The van der Waals surface area contributed by atoms with Gasteiger partial charge in [0.2, 0.25) is 0 Å². The van der Waals surface area contributed by atoms with Crippen molar-refractivity contribution in [3.05, 3.63) is 76.0 Å². The number of hydrogen-bond acceptors (Lipinski definition) is 7. The first-order chi connectivity index (χ1) is 13.6. The van der Waals surface area contributed by atoms with Crippen LogP contribution in [0.15, 0.2) is 65.1 Å². The van der Waals surface area contributed by atoms with Crippen molar-refractivity contribution in [3.8, 4) is 11.5 Å². The van der Waals surface area contributed by atoms with Crippen molar-refractivity contribution in [2.75, 3.05) is 12.5 Å². The number of carboxylic acid groups (broad SMARTS) is 1. The summed E-state index contributed by atoms with van der Waals surface area (Å²) in [6.07, 6.45) is 1.57. The van der Waals surface area contributed by atoms with Gasteiger partial charge in [-0.1, -0.05) is 6.07 Å². The summed E-state index contributed by atoms with van der Waals surface area (Å²) in [5.74, 6) is -0.710. The molecule has 0 spiro atoms. The van der Waals surface area contributed by atoms with Gasteiger partial charge in [-0.3, -0.25) is 5.43 Å². The van der Waals surface area contributed by atoms with Gasteiger partial charge in [0.25, 0.3) is 0 Å². The van der Waals surface area contributed by atoms with Crippen LogP contribution in [0.4, 0.5) is 5.69 Å². The Bertz CT molecular complexity index is 998. The second-order valence-electron chi connectivity index (χ2n) is 5.53. The van der Waals surface area contributed by atoms with Crippen LogP contribution in [0.25, 0.3) is 0 Å². The van der Waals surface area contributed by atoms with E-state index in [-0.39, 0.29) is 5.56 Å². The highest BCUT2D eigenvalue weighted by Gasteiger charge is 2.13. The van der Waals surface area contributed by atoms with E-state index in [2.05, 4.69) is 10.5 Å². The number of nitrogens with zero attached hydrogens (tertiary/aromatic N) is 1. The average Bonchev–Trinajstić information content (AvgIpc) is 3.24.